The first kappa shape index (κ1) is 16.1. The summed E-state index contributed by atoms with van der Waals surface area (Å²) in [6, 6.07) is 5.73. The molecule has 0 aliphatic rings. The first-order chi connectivity index (χ1) is 9.42. The van der Waals surface area contributed by atoms with Crippen molar-refractivity contribution in [3.63, 3.8) is 0 Å². The van der Waals surface area contributed by atoms with Crippen molar-refractivity contribution >= 4 is 11.9 Å². The van der Waals surface area contributed by atoms with Gasteiger partial charge < -0.3 is 10.4 Å². The minimum Gasteiger partial charge on any atom is -0.480 e. The first-order valence-electron chi connectivity index (χ1n) is 6.30. The molecular formula is C14H17F2NO3. The smallest absolute Gasteiger partial charge is 0.326 e. The monoisotopic (exact) mass is 285 g/mol. The largest absolute Gasteiger partial charge is 0.480 e. The van der Waals surface area contributed by atoms with Gasteiger partial charge in [-0.1, -0.05) is 31.2 Å². The molecule has 0 spiro atoms. The molecular weight excluding hydrogens is 268 g/mol. The van der Waals surface area contributed by atoms with Gasteiger partial charge in [-0.05, 0) is 17.5 Å². The highest BCUT2D eigenvalue weighted by Crippen LogP contribution is 2.08. The number of hydrogen-bond acceptors (Lipinski definition) is 2. The normalized spacial score (nSPS) is 12.2. The summed E-state index contributed by atoms with van der Waals surface area (Å²) in [5.74, 6) is -2.03. The lowest BCUT2D eigenvalue weighted by atomic mass is 10.1. The predicted octanol–water partition coefficient (Wildman–Crippen LogP) is 2.02. The quantitative estimate of drug-likeness (QED) is 0.805. The van der Waals surface area contributed by atoms with Gasteiger partial charge in [0, 0.05) is 6.42 Å². The first-order valence-corrected chi connectivity index (χ1v) is 6.30. The maximum Gasteiger partial charge on any atom is 0.326 e. The van der Waals surface area contributed by atoms with Crippen molar-refractivity contribution in [3.8, 4) is 0 Å². The van der Waals surface area contributed by atoms with Crippen LogP contribution in [-0.2, 0) is 22.4 Å². The molecule has 1 amide bonds. The second-order valence-electron chi connectivity index (χ2n) is 4.44. The number of halogens is 2. The molecule has 0 aromatic heterocycles. The fraction of sp³-hybridized carbons (Fsp3) is 0.429. The van der Waals surface area contributed by atoms with Crippen LogP contribution < -0.4 is 5.32 Å². The van der Waals surface area contributed by atoms with Crippen molar-refractivity contribution in [2.45, 2.75) is 38.7 Å². The molecule has 0 aliphatic heterocycles. The molecule has 0 fully saturated rings. The van der Waals surface area contributed by atoms with Crippen LogP contribution in [0.4, 0.5) is 8.78 Å². The number of hydrogen-bond donors (Lipinski definition) is 2. The fourth-order valence-corrected chi connectivity index (χ4v) is 1.79. The van der Waals surface area contributed by atoms with E-state index in [1.54, 1.807) is 12.1 Å². The zero-order valence-electron chi connectivity index (χ0n) is 11.1. The number of nitrogens with one attached hydrogen (secondary N) is 1. The summed E-state index contributed by atoms with van der Waals surface area (Å²) in [6.07, 6.45) is -2.88. The van der Waals surface area contributed by atoms with Gasteiger partial charge in [0.1, 0.15) is 6.04 Å². The topological polar surface area (TPSA) is 66.4 Å². The number of carboxylic acids is 1. The highest BCUT2D eigenvalue weighted by atomic mass is 19.3. The number of carbonyl (C=O) groups excluding carboxylic acids is 1. The fourth-order valence-electron chi connectivity index (χ4n) is 1.79. The van der Waals surface area contributed by atoms with E-state index < -0.39 is 30.8 Å². The molecule has 2 N–H and O–H groups in total. The van der Waals surface area contributed by atoms with Gasteiger partial charge in [-0.15, -0.1) is 0 Å². The predicted molar refractivity (Wildman–Crippen MR) is 69.7 cm³/mol. The summed E-state index contributed by atoms with van der Waals surface area (Å²) in [7, 11) is 0. The summed E-state index contributed by atoms with van der Waals surface area (Å²) in [5.41, 5.74) is 1.78. The average Bonchev–Trinajstić information content (AvgIpc) is 2.37. The molecule has 0 radical (unpaired) electrons. The Morgan fingerprint density at radius 2 is 1.95 bits per heavy atom. The second kappa shape index (κ2) is 7.57. The molecule has 6 heteroatoms. The molecule has 0 aliphatic carbocycles. The van der Waals surface area contributed by atoms with Gasteiger partial charge in [0.05, 0.1) is 6.42 Å². The number of aliphatic carboxylic acids is 1. The lowest BCUT2D eigenvalue weighted by Crippen LogP contribution is -2.42. The Labute approximate surface area is 115 Å². The van der Waals surface area contributed by atoms with Crippen molar-refractivity contribution in [2.75, 3.05) is 0 Å². The minimum atomic E-state index is -2.78. The summed E-state index contributed by atoms with van der Waals surface area (Å²) in [5, 5.41) is 10.9. The molecule has 0 heterocycles. The van der Waals surface area contributed by atoms with Gasteiger partial charge in [0.25, 0.3) is 0 Å². The van der Waals surface area contributed by atoms with E-state index in [1.165, 1.54) is 0 Å². The zero-order chi connectivity index (χ0) is 15.1. The maximum absolute atomic E-state index is 12.2. The number of amides is 1. The number of rotatable bonds is 7. The number of carbonyl (C=O) groups is 2. The van der Waals surface area contributed by atoms with Crippen molar-refractivity contribution < 1.29 is 23.5 Å². The van der Waals surface area contributed by atoms with Gasteiger partial charge in [-0.25, -0.2) is 13.6 Å². The number of benzene rings is 1. The molecule has 4 nitrogen and oxygen atoms in total. The van der Waals surface area contributed by atoms with Crippen LogP contribution in [0.25, 0.3) is 0 Å². The van der Waals surface area contributed by atoms with Crippen molar-refractivity contribution in [3.05, 3.63) is 35.4 Å². The van der Waals surface area contributed by atoms with E-state index in [0.717, 1.165) is 17.5 Å². The third-order valence-electron chi connectivity index (χ3n) is 2.81. The lowest BCUT2D eigenvalue weighted by molar-refractivity contribution is -0.142. The summed E-state index contributed by atoms with van der Waals surface area (Å²) in [6.45, 7) is 1.97. The standard InChI is InChI=1S/C14H17F2NO3/c1-2-9-4-3-5-10(6-9)7-13(18)17-11(14(19)20)8-12(15)16/h3-6,11-12H,2,7-8H2,1H3,(H,17,18)(H,19,20). The molecule has 0 saturated carbocycles. The van der Waals surface area contributed by atoms with Crippen LogP contribution >= 0.6 is 0 Å². The second-order valence-corrected chi connectivity index (χ2v) is 4.44. The lowest BCUT2D eigenvalue weighted by Gasteiger charge is -2.14. The van der Waals surface area contributed by atoms with Gasteiger partial charge in [0.2, 0.25) is 12.3 Å². The third kappa shape index (κ3) is 5.34. The van der Waals surface area contributed by atoms with E-state index >= 15 is 0 Å². The molecule has 0 saturated heterocycles. The molecule has 20 heavy (non-hydrogen) atoms. The average molecular weight is 285 g/mol. The number of aryl methyl sites for hydroxylation is 1. The Bertz CT molecular complexity index is 477. The van der Waals surface area contributed by atoms with Crippen LogP contribution in [-0.4, -0.2) is 29.5 Å². The van der Waals surface area contributed by atoms with Crippen LogP contribution in [0.5, 0.6) is 0 Å². The SMILES string of the molecule is CCc1cccc(CC(=O)NC(CC(F)F)C(=O)O)c1. The highest BCUT2D eigenvalue weighted by Gasteiger charge is 2.23. The van der Waals surface area contributed by atoms with Crippen LogP contribution in [0, 0.1) is 0 Å². The van der Waals surface area contributed by atoms with Gasteiger partial charge in [-0.3, -0.25) is 4.79 Å². The summed E-state index contributed by atoms with van der Waals surface area (Å²) >= 11 is 0. The highest BCUT2D eigenvalue weighted by molar-refractivity contribution is 5.84. The maximum atomic E-state index is 12.2. The molecule has 1 rings (SSSR count). The van der Waals surface area contributed by atoms with Crippen LogP contribution in [0.3, 0.4) is 0 Å². The Balaban J connectivity index is 2.63. The molecule has 110 valence electrons. The Morgan fingerprint density at radius 1 is 1.30 bits per heavy atom. The van der Waals surface area contributed by atoms with E-state index in [2.05, 4.69) is 5.32 Å². The van der Waals surface area contributed by atoms with Crippen molar-refractivity contribution in [1.29, 1.82) is 0 Å². The molecule has 1 unspecified atom stereocenters. The number of carboxylic acid groups (broad SMARTS) is 1. The minimum absolute atomic E-state index is 0.0269. The van der Waals surface area contributed by atoms with Crippen molar-refractivity contribution in [2.24, 2.45) is 0 Å². The van der Waals surface area contributed by atoms with E-state index in [1.807, 2.05) is 19.1 Å². The van der Waals surface area contributed by atoms with E-state index in [-0.39, 0.29) is 6.42 Å². The van der Waals surface area contributed by atoms with Crippen molar-refractivity contribution in [1.82, 2.24) is 5.32 Å². The molecule has 1 atom stereocenters. The Kier molecular flexibility index (Phi) is 6.09. The van der Waals surface area contributed by atoms with Crippen LogP contribution in [0.15, 0.2) is 24.3 Å². The zero-order valence-corrected chi connectivity index (χ0v) is 11.1. The van der Waals surface area contributed by atoms with Gasteiger partial charge >= 0.3 is 5.97 Å². The van der Waals surface area contributed by atoms with Crippen LogP contribution in [0.1, 0.15) is 24.5 Å². The van der Waals surface area contributed by atoms with E-state index in [9.17, 15) is 18.4 Å². The summed E-state index contributed by atoms with van der Waals surface area (Å²) in [4.78, 5) is 22.5. The van der Waals surface area contributed by atoms with E-state index in [0.29, 0.717) is 0 Å². The Morgan fingerprint density at radius 3 is 2.50 bits per heavy atom. The van der Waals surface area contributed by atoms with Gasteiger partial charge in [0.15, 0.2) is 0 Å². The number of alkyl halides is 2. The van der Waals surface area contributed by atoms with E-state index in [4.69, 9.17) is 5.11 Å². The van der Waals surface area contributed by atoms with Crippen LogP contribution in [0.2, 0.25) is 0 Å². The molecule has 1 aromatic rings. The van der Waals surface area contributed by atoms with Gasteiger partial charge in [-0.2, -0.15) is 0 Å². The third-order valence-corrected chi connectivity index (χ3v) is 2.81. The molecule has 0 bridgehead atoms. The molecule has 1 aromatic carbocycles. The summed E-state index contributed by atoms with van der Waals surface area (Å²) < 4.78 is 24.4. The Hall–Kier alpha value is -1.98.